The average molecular weight is 312 g/mol. The maximum Gasteiger partial charge on any atom is 0.163 e. The van der Waals surface area contributed by atoms with Crippen LogP contribution in [0.4, 0.5) is 5.69 Å². The van der Waals surface area contributed by atoms with E-state index in [2.05, 4.69) is 35.1 Å². The summed E-state index contributed by atoms with van der Waals surface area (Å²) in [4.78, 5) is 0. The van der Waals surface area contributed by atoms with Crippen molar-refractivity contribution in [3.63, 3.8) is 0 Å². The van der Waals surface area contributed by atoms with Crippen molar-refractivity contribution in [1.82, 2.24) is 0 Å². The van der Waals surface area contributed by atoms with Gasteiger partial charge in [0.05, 0.1) is 5.69 Å². The summed E-state index contributed by atoms with van der Waals surface area (Å²) in [7, 11) is 0. The van der Waals surface area contributed by atoms with Crippen LogP contribution in [-0.4, -0.2) is 19.3 Å². The summed E-state index contributed by atoms with van der Waals surface area (Å²) in [5, 5.41) is 3.58. The van der Waals surface area contributed by atoms with Gasteiger partial charge in [-0.2, -0.15) is 0 Å². The van der Waals surface area contributed by atoms with E-state index in [9.17, 15) is 0 Å². The van der Waals surface area contributed by atoms with Crippen LogP contribution in [0.5, 0.6) is 11.5 Å². The van der Waals surface area contributed by atoms with Crippen molar-refractivity contribution in [1.29, 1.82) is 0 Å². The molecule has 1 aromatic carbocycles. The second-order valence-electron chi connectivity index (χ2n) is 5.50. The minimum atomic E-state index is 0.451. The number of anilines is 1. The van der Waals surface area contributed by atoms with E-state index >= 15 is 0 Å². The lowest BCUT2D eigenvalue weighted by Gasteiger charge is -2.25. The van der Waals surface area contributed by atoms with Crippen LogP contribution >= 0.6 is 15.9 Å². The van der Waals surface area contributed by atoms with Crippen LogP contribution in [0.2, 0.25) is 0 Å². The third kappa shape index (κ3) is 2.18. The zero-order chi connectivity index (χ0) is 12.8. The number of hydrogen-bond acceptors (Lipinski definition) is 3. The molecular formula is C14H18BrNO2. The Morgan fingerprint density at radius 3 is 2.44 bits per heavy atom. The molecule has 0 amide bonds. The van der Waals surface area contributed by atoms with Gasteiger partial charge in [-0.3, -0.25) is 0 Å². The third-order valence-corrected chi connectivity index (χ3v) is 4.74. The lowest BCUT2D eigenvalue weighted by molar-refractivity contribution is 0.171. The van der Waals surface area contributed by atoms with Gasteiger partial charge in [0.2, 0.25) is 0 Å². The topological polar surface area (TPSA) is 30.5 Å². The van der Waals surface area contributed by atoms with Crippen molar-refractivity contribution in [3.05, 3.63) is 16.6 Å². The lowest BCUT2D eigenvalue weighted by Crippen LogP contribution is -2.25. The van der Waals surface area contributed by atoms with Crippen molar-refractivity contribution in [2.45, 2.75) is 32.7 Å². The highest BCUT2D eigenvalue weighted by Crippen LogP contribution is 2.49. The number of ether oxygens (including phenoxy) is 2. The predicted octanol–water partition coefficient (Wildman–Crippen LogP) is 3.82. The monoisotopic (exact) mass is 311 g/mol. The molecule has 98 valence electrons. The van der Waals surface area contributed by atoms with Crippen LogP contribution < -0.4 is 14.8 Å². The fourth-order valence-corrected chi connectivity index (χ4v) is 2.65. The molecule has 2 aliphatic rings. The van der Waals surface area contributed by atoms with Crippen LogP contribution in [0.25, 0.3) is 0 Å². The fraction of sp³-hybridized carbons (Fsp3) is 0.571. The molecule has 0 radical (unpaired) electrons. The molecule has 18 heavy (non-hydrogen) atoms. The van der Waals surface area contributed by atoms with E-state index in [0.29, 0.717) is 24.7 Å². The smallest absolute Gasteiger partial charge is 0.163 e. The molecule has 1 saturated carbocycles. The summed E-state index contributed by atoms with van der Waals surface area (Å²) in [6.45, 7) is 5.83. The second-order valence-corrected chi connectivity index (χ2v) is 6.35. The quantitative estimate of drug-likeness (QED) is 0.920. The summed E-state index contributed by atoms with van der Waals surface area (Å²) in [5.41, 5.74) is 1.53. The van der Waals surface area contributed by atoms with Crippen LogP contribution in [0, 0.1) is 5.41 Å². The summed E-state index contributed by atoms with van der Waals surface area (Å²) >= 11 is 3.59. The maximum absolute atomic E-state index is 5.62. The highest BCUT2D eigenvalue weighted by atomic mass is 79.9. The zero-order valence-electron chi connectivity index (χ0n) is 10.8. The van der Waals surface area contributed by atoms with Crippen LogP contribution in [0.1, 0.15) is 26.7 Å². The summed E-state index contributed by atoms with van der Waals surface area (Å²) in [6, 6.07) is 4.48. The van der Waals surface area contributed by atoms with Crippen molar-refractivity contribution < 1.29 is 9.47 Å². The first kappa shape index (κ1) is 12.2. The molecule has 3 nitrogen and oxygen atoms in total. The van der Waals surface area contributed by atoms with Gasteiger partial charge >= 0.3 is 0 Å². The summed E-state index contributed by atoms with van der Waals surface area (Å²) in [6.07, 6.45) is 2.62. The number of fused-ring (bicyclic) bond motifs is 1. The van der Waals surface area contributed by atoms with Crippen molar-refractivity contribution >= 4 is 21.6 Å². The minimum Gasteiger partial charge on any atom is -0.486 e. The molecule has 1 fully saturated rings. The van der Waals surface area contributed by atoms with E-state index < -0.39 is 0 Å². The van der Waals surface area contributed by atoms with E-state index in [1.807, 2.05) is 12.1 Å². The van der Waals surface area contributed by atoms with E-state index in [1.54, 1.807) is 0 Å². The third-order valence-electron chi connectivity index (χ3n) is 4.09. The number of hydrogen-bond donors (Lipinski definition) is 1. The molecule has 1 unspecified atom stereocenters. The molecule has 3 rings (SSSR count). The van der Waals surface area contributed by atoms with Gasteiger partial charge in [0.1, 0.15) is 13.2 Å². The van der Waals surface area contributed by atoms with E-state index in [0.717, 1.165) is 21.7 Å². The van der Waals surface area contributed by atoms with Gasteiger partial charge in [-0.25, -0.2) is 0 Å². The number of halogens is 1. The molecule has 4 heteroatoms. The van der Waals surface area contributed by atoms with Gasteiger partial charge < -0.3 is 14.8 Å². The summed E-state index contributed by atoms with van der Waals surface area (Å²) < 4.78 is 12.2. The number of benzene rings is 1. The first-order valence-electron chi connectivity index (χ1n) is 6.44. The van der Waals surface area contributed by atoms with Crippen molar-refractivity contribution in [3.8, 4) is 11.5 Å². The number of rotatable bonds is 3. The Bertz CT molecular complexity index is 471. The largest absolute Gasteiger partial charge is 0.486 e. The van der Waals surface area contributed by atoms with Crippen LogP contribution in [0.15, 0.2) is 16.6 Å². The molecule has 0 aromatic heterocycles. The van der Waals surface area contributed by atoms with Crippen LogP contribution in [-0.2, 0) is 0 Å². The summed E-state index contributed by atoms with van der Waals surface area (Å²) in [5.74, 6) is 1.66. The first-order valence-corrected chi connectivity index (χ1v) is 7.23. The molecule has 1 aliphatic heterocycles. The van der Waals surface area contributed by atoms with Gasteiger partial charge in [0.25, 0.3) is 0 Å². The lowest BCUT2D eigenvalue weighted by atomic mass is 10.0. The van der Waals surface area contributed by atoms with E-state index in [4.69, 9.17) is 9.47 Å². The van der Waals surface area contributed by atoms with E-state index in [-0.39, 0.29) is 0 Å². The van der Waals surface area contributed by atoms with E-state index in [1.165, 1.54) is 12.8 Å². The molecular weight excluding hydrogens is 294 g/mol. The van der Waals surface area contributed by atoms with Crippen molar-refractivity contribution in [2.24, 2.45) is 5.41 Å². The maximum atomic E-state index is 5.62. The van der Waals surface area contributed by atoms with Crippen molar-refractivity contribution in [2.75, 3.05) is 18.5 Å². The van der Waals surface area contributed by atoms with Gasteiger partial charge in [0.15, 0.2) is 11.5 Å². The predicted molar refractivity (Wildman–Crippen MR) is 75.6 cm³/mol. The Morgan fingerprint density at radius 1 is 1.22 bits per heavy atom. The molecule has 0 bridgehead atoms. The first-order chi connectivity index (χ1) is 8.58. The molecule has 1 heterocycles. The molecule has 0 spiro atoms. The molecule has 1 aliphatic carbocycles. The Morgan fingerprint density at radius 2 is 1.83 bits per heavy atom. The van der Waals surface area contributed by atoms with Gasteiger partial charge in [-0.15, -0.1) is 0 Å². The Kier molecular flexibility index (Phi) is 2.93. The van der Waals surface area contributed by atoms with Crippen LogP contribution in [0.3, 0.4) is 0 Å². The average Bonchev–Trinajstić information content (AvgIpc) is 3.10. The SMILES string of the molecule is CC(Nc1cc2c(cc1Br)OCCO2)C1(C)CC1. The highest BCUT2D eigenvalue weighted by Gasteiger charge is 2.42. The van der Waals surface area contributed by atoms with Gasteiger partial charge in [-0.05, 0) is 41.1 Å². The molecule has 0 saturated heterocycles. The molecule has 1 aromatic rings. The Balaban J connectivity index is 1.83. The molecule has 1 N–H and O–H groups in total. The second kappa shape index (κ2) is 4.34. The zero-order valence-corrected chi connectivity index (χ0v) is 12.3. The normalized spacial score (nSPS) is 21.3. The van der Waals surface area contributed by atoms with Gasteiger partial charge in [-0.1, -0.05) is 6.92 Å². The Labute approximate surface area is 116 Å². The standard InChI is InChI=1S/C14H18BrNO2/c1-9(14(2)3-4-14)16-11-8-13-12(7-10(11)15)17-5-6-18-13/h7-9,16H,3-6H2,1-2H3. The fourth-order valence-electron chi connectivity index (χ4n) is 2.21. The Hall–Kier alpha value is -0.900. The van der Waals surface area contributed by atoms with Gasteiger partial charge in [0, 0.05) is 22.6 Å². The highest BCUT2D eigenvalue weighted by molar-refractivity contribution is 9.10. The molecule has 1 atom stereocenters. The minimum absolute atomic E-state index is 0.451. The number of nitrogens with one attached hydrogen (secondary N) is 1.